The monoisotopic (exact) mass is 424 g/mol. The summed E-state index contributed by atoms with van der Waals surface area (Å²) in [6, 6.07) is 13.3. The first-order valence-electron chi connectivity index (χ1n) is 8.78. The van der Waals surface area contributed by atoms with Crippen molar-refractivity contribution in [3.63, 3.8) is 0 Å². The molecule has 0 atom stereocenters. The number of rotatable bonds is 4. The minimum Gasteiger partial charge on any atom is -0.384 e. The number of carbonyl (C=O) groups excluding carboxylic acids is 2. The Morgan fingerprint density at radius 3 is 2.20 bits per heavy atom. The fourth-order valence-corrected chi connectivity index (χ4v) is 4.21. The Hall–Kier alpha value is -3.92. The van der Waals surface area contributed by atoms with Crippen molar-refractivity contribution in [1.82, 2.24) is 9.88 Å². The third-order valence-corrected chi connectivity index (χ3v) is 6.06. The summed E-state index contributed by atoms with van der Waals surface area (Å²) in [5, 5.41) is 2.09. The van der Waals surface area contributed by atoms with Crippen LogP contribution in [0.5, 0.6) is 0 Å². The quantitative estimate of drug-likeness (QED) is 0.541. The third kappa shape index (κ3) is 3.22. The second kappa shape index (κ2) is 6.85. The molecule has 152 valence electrons. The number of carbonyl (C=O) groups is 2. The van der Waals surface area contributed by atoms with E-state index in [1.54, 1.807) is 24.3 Å². The fourth-order valence-electron chi connectivity index (χ4n) is 3.16. The van der Waals surface area contributed by atoms with Crippen molar-refractivity contribution in [2.45, 2.75) is 11.8 Å². The lowest BCUT2D eigenvalue weighted by atomic mass is 10.1. The lowest BCUT2D eigenvalue weighted by molar-refractivity contribution is 0.0880. The van der Waals surface area contributed by atoms with Crippen LogP contribution in [0.2, 0.25) is 0 Å². The zero-order valence-corrected chi connectivity index (χ0v) is 16.5. The smallest absolute Gasteiger partial charge is 0.262 e. The molecule has 30 heavy (non-hydrogen) atoms. The Morgan fingerprint density at radius 2 is 1.57 bits per heavy atom. The van der Waals surface area contributed by atoms with E-state index in [0.717, 1.165) is 16.2 Å². The molecule has 0 bridgehead atoms. The van der Waals surface area contributed by atoms with Crippen LogP contribution in [0.15, 0.2) is 64.3 Å². The fraction of sp³-hybridized carbons (Fsp3) is 0.0500. The summed E-state index contributed by atoms with van der Waals surface area (Å²) in [6.45, 7) is 1.89. The first kappa shape index (κ1) is 19.4. The normalized spacial score (nSPS) is 13.1. The SMILES string of the molecule is Cc1ccc(NS(=O)(=O)c2ccc(-n3c(N)c4c(cc3=O)C(=O)NC4=O)cc2)cc1. The standard InChI is InChI=1S/C20H16N4O5S/c1-11-2-4-12(5-3-11)23-30(28,29)14-8-6-13(7-9-14)24-16(25)10-15-17(18(24)21)20(27)22-19(15)26/h2-10,23H,21H2,1H3,(H,22,26,27). The summed E-state index contributed by atoms with van der Waals surface area (Å²) in [5.74, 6) is -1.58. The molecule has 0 radical (unpaired) electrons. The number of nitrogens with one attached hydrogen (secondary N) is 2. The van der Waals surface area contributed by atoms with Gasteiger partial charge in [0.25, 0.3) is 27.4 Å². The minimum atomic E-state index is -3.85. The molecule has 4 N–H and O–H groups in total. The average molecular weight is 424 g/mol. The number of pyridine rings is 1. The van der Waals surface area contributed by atoms with Gasteiger partial charge in [0.05, 0.1) is 21.7 Å². The summed E-state index contributed by atoms with van der Waals surface area (Å²) in [5.41, 5.74) is 6.85. The van der Waals surface area contributed by atoms with Crippen LogP contribution in [0.4, 0.5) is 11.5 Å². The summed E-state index contributed by atoms with van der Waals surface area (Å²) in [7, 11) is -3.85. The van der Waals surface area contributed by atoms with E-state index in [4.69, 9.17) is 5.73 Å². The number of hydrogen-bond acceptors (Lipinski definition) is 6. The predicted molar refractivity (Wildman–Crippen MR) is 110 cm³/mol. The molecule has 3 aromatic rings. The predicted octanol–water partition coefficient (Wildman–Crippen LogP) is 1.41. The highest BCUT2D eigenvalue weighted by molar-refractivity contribution is 7.92. The van der Waals surface area contributed by atoms with Crippen LogP contribution in [0.1, 0.15) is 26.3 Å². The molecule has 4 rings (SSSR count). The Morgan fingerprint density at radius 1 is 0.933 bits per heavy atom. The van der Waals surface area contributed by atoms with E-state index in [2.05, 4.69) is 10.0 Å². The van der Waals surface area contributed by atoms with Gasteiger partial charge in [-0.3, -0.25) is 29.0 Å². The van der Waals surface area contributed by atoms with Gasteiger partial charge in [-0.15, -0.1) is 0 Å². The number of imide groups is 1. The molecule has 0 spiro atoms. The molecule has 0 aliphatic carbocycles. The van der Waals surface area contributed by atoms with Crippen LogP contribution < -0.4 is 21.3 Å². The maximum atomic E-state index is 12.6. The number of anilines is 2. The number of hydrogen-bond donors (Lipinski definition) is 3. The number of nitrogen functional groups attached to an aromatic ring is 1. The van der Waals surface area contributed by atoms with E-state index in [1.807, 2.05) is 6.92 Å². The topological polar surface area (TPSA) is 140 Å². The van der Waals surface area contributed by atoms with Gasteiger partial charge in [-0.1, -0.05) is 17.7 Å². The summed E-state index contributed by atoms with van der Waals surface area (Å²) in [4.78, 5) is 36.1. The molecule has 0 saturated heterocycles. The number of fused-ring (bicyclic) bond motifs is 1. The number of nitrogens with two attached hydrogens (primary N) is 1. The van der Waals surface area contributed by atoms with E-state index in [-0.39, 0.29) is 27.5 Å². The van der Waals surface area contributed by atoms with E-state index in [9.17, 15) is 22.8 Å². The second-order valence-corrected chi connectivity index (χ2v) is 8.42. The molecule has 1 aromatic heterocycles. The number of nitrogens with zero attached hydrogens (tertiary/aromatic N) is 1. The average Bonchev–Trinajstić information content (AvgIpc) is 2.97. The van der Waals surface area contributed by atoms with Crippen molar-refractivity contribution in [1.29, 1.82) is 0 Å². The van der Waals surface area contributed by atoms with Gasteiger partial charge in [-0.25, -0.2) is 8.42 Å². The largest absolute Gasteiger partial charge is 0.384 e. The van der Waals surface area contributed by atoms with Gasteiger partial charge >= 0.3 is 0 Å². The lowest BCUT2D eigenvalue weighted by Gasteiger charge is -2.13. The molecule has 1 aliphatic heterocycles. The van der Waals surface area contributed by atoms with Gasteiger partial charge < -0.3 is 5.73 Å². The van der Waals surface area contributed by atoms with Gasteiger partial charge in [0.2, 0.25) is 0 Å². The Bertz CT molecular complexity index is 1360. The Balaban J connectivity index is 1.70. The Labute approximate surface area is 171 Å². The molecule has 2 heterocycles. The first-order valence-corrected chi connectivity index (χ1v) is 10.3. The van der Waals surface area contributed by atoms with Crippen molar-refractivity contribution in [2.75, 3.05) is 10.5 Å². The zero-order chi connectivity index (χ0) is 21.6. The van der Waals surface area contributed by atoms with Crippen molar-refractivity contribution in [3.8, 4) is 5.69 Å². The first-order chi connectivity index (χ1) is 14.2. The van der Waals surface area contributed by atoms with Gasteiger partial charge in [0.15, 0.2) is 0 Å². The number of amides is 2. The summed E-state index contributed by atoms with van der Waals surface area (Å²) >= 11 is 0. The molecule has 0 unspecified atom stereocenters. The molecule has 2 amide bonds. The van der Waals surface area contributed by atoms with Crippen LogP contribution in [-0.2, 0) is 10.0 Å². The highest BCUT2D eigenvalue weighted by Crippen LogP contribution is 2.24. The zero-order valence-electron chi connectivity index (χ0n) is 15.7. The molecule has 2 aromatic carbocycles. The summed E-state index contributed by atoms with van der Waals surface area (Å²) < 4.78 is 28.7. The van der Waals surface area contributed by atoms with E-state index < -0.39 is 27.4 Å². The number of sulfonamides is 1. The van der Waals surface area contributed by atoms with Crippen LogP contribution in [0, 0.1) is 6.92 Å². The van der Waals surface area contributed by atoms with E-state index in [1.165, 1.54) is 24.3 Å². The van der Waals surface area contributed by atoms with E-state index in [0.29, 0.717) is 5.69 Å². The van der Waals surface area contributed by atoms with Gasteiger partial charge in [-0.2, -0.15) is 0 Å². The maximum Gasteiger partial charge on any atom is 0.262 e. The van der Waals surface area contributed by atoms with Crippen LogP contribution in [-0.4, -0.2) is 24.8 Å². The van der Waals surface area contributed by atoms with E-state index >= 15 is 0 Å². The lowest BCUT2D eigenvalue weighted by Crippen LogP contribution is -2.24. The number of aryl methyl sites for hydroxylation is 1. The van der Waals surface area contributed by atoms with Crippen LogP contribution in [0.3, 0.4) is 0 Å². The van der Waals surface area contributed by atoms with Crippen LogP contribution >= 0.6 is 0 Å². The minimum absolute atomic E-state index is 0.0208. The van der Waals surface area contributed by atoms with Gasteiger partial charge in [0.1, 0.15) is 5.82 Å². The third-order valence-electron chi connectivity index (χ3n) is 4.66. The van der Waals surface area contributed by atoms with Crippen molar-refractivity contribution in [2.24, 2.45) is 0 Å². The van der Waals surface area contributed by atoms with Crippen molar-refractivity contribution in [3.05, 3.63) is 81.6 Å². The van der Waals surface area contributed by atoms with Crippen molar-refractivity contribution >= 4 is 33.3 Å². The molecule has 0 saturated carbocycles. The highest BCUT2D eigenvalue weighted by Gasteiger charge is 2.31. The molecular formula is C20H16N4O5S. The molecule has 9 nitrogen and oxygen atoms in total. The Kier molecular flexibility index (Phi) is 4.43. The van der Waals surface area contributed by atoms with Gasteiger partial charge in [0, 0.05) is 11.8 Å². The molecule has 1 aliphatic rings. The number of aromatic nitrogens is 1. The molecule has 0 fully saturated rings. The number of benzene rings is 2. The maximum absolute atomic E-state index is 12.6. The van der Waals surface area contributed by atoms with Crippen LogP contribution in [0.25, 0.3) is 5.69 Å². The second-order valence-electron chi connectivity index (χ2n) is 6.74. The molecular weight excluding hydrogens is 408 g/mol. The van der Waals surface area contributed by atoms with Crippen molar-refractivity contribution < 1.29 is 18.0 Å². The summed E-state index contributed by atoms with van der Waals surface area (Å²) in [6.07, 6.45) is 0. The highest BCUT2D eigenvalue weighted by atomic mass is 32.2. The molecule has 10 heteroatoms. The van der Waals surface area contributed by atoms with Gasteiger partial charge in [-0.05, 0) is 43.3 Å².